The van der Waals surface area contributed by atoms with E-state index < -0.39 is 28.5 Å². The van der Waals surface area contributed by atoms with Crippen LogP contribution in [0.3, 0.4) is 0 Å². The van der Waals surface area contributed by atoms with E-state index in [1.807, 2.05) is 13.8 Å². The Labute approximate surface area is 205 Å². The van der Waals surface area contributed by atoms with Crippen LogP contribution in [0.4, 0.5) is 23.8 Å². The molecule has 1 aromatic heterocycles. The first-order chi connectivity index (χ1) is 16.9. The van der Waals surface area contributed by atoms with Gasteiger partial charge in [-0.1, -0.05) is 19.9 Å². The maximum atomic E-state index is 13.7. The molecular formula is C24H27F3N3O6+. The van der Waals surface area contributed by atoms with Gasteiger partial charge in [0.25, 0.3) is 6.47 Å². The molecule has 194 valence electrons. The summed E-state index contributed by atoms with van der Waals surface area (Å²) in [5, 5.41) is 2.67. The minimum atomic E-state index is -4.86. The van der Waals surface area contributed by atoms with Crippen LogP contribution >= 0.6 is 0 Å². The lowest BCUT2D eigenvalue weighted by atomic mass is 9.96. The first-order valence-electron chi connectivity index (χ1n) is 11.3. The Morgan fingerprint density at radius 1 is 1.19 bits per heavy atom. The number of nitrogens with zero attached hydrogens (tertiary/aromatic N) is 2. The lowest BCUT2D eigenvalue weighted by Gasteiger charge is -2.33. The van der Waals surface area contributed by atoms with Crippen LogP contribution in [0, 0.1) is 5.92 Å². The molecule has 9 nitrogen and oxygen atoms in total. The summed E-state index contributed by atoms with van der Waals surface area (Å²) in [6.45, 7) is 4.41. The van der Waals surface area contributed by atoms with Gasteiger partial charge in [-0.2, -0.15) is 4.48 Å². The van der Waals surface area contributed by atoms with Crippen LogP contribution < -0.4 is 14.8 Å². The molecule has 36 heavy (non-hydrogen) atoms. The van der Waals surface area contributed by atoms with Crippen molar-refractivity contribution in [2.24, 2.45) is 5.92 Å². The largest absolute Gasteiger partial charge is 0.573 e. The third-order valence-corrected chi connectivity index (χ3v) is 5.66. The van der Waals surface area contributed by atoms with Crippen molar-refractivity contribution < 1.29 is 46.2 Å². The normalized spacial score (nSPS) is 17.4. The van der Waals surface area contributed by atoms with E-state index >= 15 is 0 Å². The lowest BCUT2D eigenvalue weighted by molar-refractivity contribution is -0.743. The van der Waals surface area contributed by atoms with E-state index in [-0.39, 0.29) is 48.4 Å². The number of rotatable bonds is 11. The summed E-state index contributed by atoms with van der Waals surface area (Å²) >= 11 is 0. The number of hydrogen-bond donors (Lipinski definition) is 1. The second kappa shape index (κ2) is 10.9. The van der Waals surface area contributed by atoms with Crippen LogP contribution in [-0.2, 0) is 16.0 Å². The quantitative estimate of drug-likeness (QED) is 0.256. The molecule has 1 aliphatic rings. The van der Waals surface area contributed by atoms with Crippen molar-refractivity contribution >= 4 is 24.2 Å². The Morgan fingerprint density at radius 3 is 2.58 bits per heavy atom. The Kier molecular flexibility index (Phi) is 8.18. The molecule has 1 aromatic carbocycles. The molecule has 12 heteroatoms. The number of pyridine rings is 1. The summed E-state index contributed by atoms with van der Waals surface area (Å²) in [6.07, 6.45) is -2.21. The van der Waals surface area contributed by atoms with Crippen LogP contribution in [-0.4, -0.2) is 54.4 Å². The maximum Gasteiger partial charge on any atom is 0.573 e. The number of quaternary nitrogens is 1. The van der Waals surface area contributed by atoms with E-state index in [2.05, 4.69) is 19.8 Å². The Hall–Kier alpha value is -3.67. The van der Waals surface area contributed by atoms with Crippen LogP contribution in [0.15, 0.2) is 30.5 Å². The third-order valence-electron chi connectivity index (χ3n) is 5.66. The smallest absolute Gasteiger partial charge is 0.468 e. The summed E-state index contributed by atoms with van der Waals surface area (Å²) in [7, 11) is 1.46. The Bertz CT molecular complexity index is 1140. The average molecular weight is 510 g/mol. The molecule has 3 rings (SSSR count). The maximum absolute atomic E-state index is 13.7. The first-order valence-corrected chi connectivity index (χ1v) is 11.3. The van der Waals surface area contributed by atoms with E-state index in [1.165, 1.54) is 25.4 Å². The molecule has 1 unspecified atom stereocenters. The zero-order valence-electron chi connectivity index (χ0n) is 20.1. The number of anilines is 1. The van der Waals surface area contributed by atoms with E-state index in [0.717, 1.165) is 12.1 Å². The molecule has 3 amide bonds. The summed E-state index contributed by atoms with van der Waals surface area (Å²) < 4.78 is 51.8. The zero-order chi connectivity index (χ0) is 26.5. The number of alkyl halides is 3. The molecule has 1 atom stereocenters. The minimum Gasteiger partial charge on any atom is -0.468 e. The number of urea groups is 1. The van der Waals surface area contributed by atoms with E-state index in [9.17, 15) is 27.6 Å². The number of carbonyl (C=O) groups excluding carboxylic acids is 3. The summed E-state index contributed by atoms with van der Waals surface area (Å²) in [6, 6.07) is 4.44. The number of carbonyl (C=O) groups is 3. The molecule has 2 heterocycles. The molecule has 0 bridgehead atoms. The van der Waals surface area contributed by atoms with Crippen molar-refractivity contribution in [3.63, 3.8) is 0 Å². The molecule has 1 N–H and O–H groups in total. The van der Waals surface area contributed by atoms with Gasteiger partial charge in [-0.15, -0.1) is 13.2 Å². The van der Waals surface area contributed by atoms with Crippen molar-refractivity contribution in [2.45, 2.75) is 39.5 Å². The van der Waals surface area contributed by atoms with Gasteiger partial charge in [-0.25, -0.2) is 14.6 Å². The van der Waals surface area contributed by atoms with Gasteiger partial charge >= 0.3 is 18.3 Å². The number of aromatic nitrogens is 1. The monoisotopic (exact) mass is 510 g/mol. The minimum absolute atomic E-state index is 0.0443. The van der Waals surface area contributed by atoms with Crippen LogP contribution in [0.25, 0.3) is 0 Å². The number of halogens is 3. The molecule has 0 aliphatic carbocycles. The number of nitrogens with one attached hydrogen (secondary N) is 1. The van der Waals surface area contributed by atoms with Gasteiger partial charge in [-0.3, -0.25) is 10.1 Å². The van der Waals surface area contributed by atoms with Gasteiger partial charge in [0.05, 0.1) is 26.4 Å². The molecule has 0 saturated heterocycles. The van der Waals surface area contributed by atoms with Crippen LogP contribution in [0.2, 0.25) is 0 Å². The highest BCUT2D eigenvalue weighted by molar-refractivity contribution is 6.09. The Morgan fingerprint density at radius 2 is 1.92 bits per heavy atom. The first kappa shape index (κ1) is 26.9. The molecule has 0 saturated carbocycles. The van der Waals surface area contributed by atoms with Gasteiger partial charge in [-0.05, 0) is 30.9 Å². The standard InChI is InChI=1S/C24H26F3N3O6/c1-15(2)8-9-18-19(35-16-6-4-7-17(12-16)36-24(25,26)27)13-28-21-20(18)22(32)30(3,23(33)29-21)10-5-11-34-14-31/h4,6-7,12-15H,5,8-11H2,1-3H3/p+1. The van der Waals surface area contributed by atoms with Crippen LogP contribution in [0.5, 0.6) is 17.2 Å². The third kappa shape index (κ3) is 6.30. The summed E-state index contributed by atoms with van der Waals surface area (Å²) in [5.74, 6) is -0.380. The molecule has 0 radical (unpaired) electrons. The van der Waals surface area contributed by atoms with Crippen molar-refractivity contribution in [1.29, 1.82) is 0 Å². The molecule has 2 aromatic rings. The highest BCUT2D eigenvalue weighted by atomic mass is 19.4. The Balaban J connectivity index is 2.00. The lowest BCUT2D eigenvalue weighted by Crippen LogP contribution is -2.59. The fraction of sp³-hybridized carbons (Fsp3) is 0.417. The molecule has 0 fully saturated rings. The summed E-state index contributed by atoms with van der Waals surface area (Å²) in [5.41, 5.74) is 0.656. The van der Waals surface area contributed by atoms with E-state index in [4.69, 9.17) is 4.74 Å². The number of amides is 3. The highest BCUT2D eigenvalue weighted by Gasteiger charge is 2.48. The number of benzene rings is 1. The van der Waals surface area contributed by atoms with Crippen molar-refractivity contribution in [3.8, 4) is 17.2 Å². The summed E-state index contributed by atoms with van der Waals surface area (Å²) in [4.78, 5) is 41.1. The molecule has 0 spiro atoms. The van der Waals surface area contributed by atoms with Gasteiger partial charge in [0.15, 0.2) is 5.82 Å². The predicted octanol–water partition coefficient (Wildman–Crippen LogP) is 5.06. The fourth-order valence-corrected chi connectivity index (χ4v) is 3.77. The zero-order valence-corrected chi connectivity index (χ0v) is 20.1. The fourth-order valence-electron chi connectivity index (χ4n) is 3.77. The second-order valence-electron chi connectivity index (χ2n) is 8.85. The average Bonchev–Trinajstić information content (AvgIpc) is 2.79. The van der Waals surface area contributed by atoms with Gasteiger partial charge in [0, 0.05) is 18.1 Å². The van der Waals surface area contributed by atoms with Crippen molar-refractivity contribution in [1.82, 2.24) is 4.98 Å². The van der Waals surface area contributed by atoms with Gasteiger partial charge < -0.3 is 14.2 Å². The SMILES string of the molecule is CC(C)CCc1c(Oc2cccc(OC(F)(F)F)c2)cnc2c1C(=O)[N+](C)(CCCOC=O)C(=O)N2. The number of fused-ring (bicyclic) bond motifs is 1. The second-order valence-corrected chi connectivity index (χ2v) is 8.85. The van der Waals surface area contributed by atoms with E-state index in [0.29, 0.717) is 24.9 Å². The molecular weight excluding hydrogens is 483 g/mol. The predicted molar refractivity (Wildman–Crippen MR) is 122 cm³/mol. The number of ether oxygens (including phenoxy) is 3. The van der Waals surface area contributed by atoms with Gasteiger partial charge in [0.2, 0.25) is 0 Å². The van der Waals surface area contributed by atoms with E-state index in [1.54, 1.807) is 0 Å². The number of hydrogen-bond acceptors (Lipinski definition) is 7. The van der Waals surface area contributed by atoms with Crippen molar-refractivity contribution in [2.75, 3.05) is 25.5 Å². The molecule has 1 aliphatic heterocycles. The van der Waals surface area contributed by atoms with Crippen LogP contribution in [0.1, 0.15) is 42.6 Å². The highest BCUT2D eigenvalue weighted by Crippen LogP contribution is 2.37. The van der Waals surface area contributed by atoms with Gasteiger partial charge in [0.1, 0.15) is 22.8 Å². The number of imide groups is 1. The topological polar surface area (TPSA) is 104 Å². The van der Waals surface area contributed by atoms with Crippen molar-refractivity contribution in [3.05, 3.63) is 41.6 Å².